The second-order valence-electron chi connectivity index (χ2n) is 7.12. The predicted molar refractivity (Wildman–Crippen MR) is 116 cm³/mol. The molecule has 1 aromatic carbocycles. The first-order valence-electron chi connectivity index (χ1n) is 9.51. The van der Waals surface area contributed by atoms with Crippen LogP contribution in [-0.2, 0) is 27.9 Å². The van der Waals surface area contributed by atoms with Crippen molar-refractivity contribution in [3.05, 3.63) is 52.8 Å². The molecule has 0 bridgehead atoms. The molecule has 158 valence electrons. The number of aromatic nitrogens is 2. The van der Waals surface area contributed by atoms with Crippen LogP contribution in [0.15, 0.2) is 30.5 Å². The Kier molecular flexibility index (Phi) is 6.37. The van der Waals surface area contributed by atoms with E-state index in [2.05, 4.69) is 47.7 Å². The van der Waals surface area contributed by atoms with E-state index in [1.807, 2.05) is 6.07 Å². The highest BCUT2D eigenvalue weighted by Gasteiger charge is 2.24. The van der Waals surface area contributed by atoms with Crippen LogP contribution in [0, 0.1) is 13.8 Å². The highest BCUT2D eigenvalue weighted by atomic mass is 16.5. The minimum absolute atomic E-state index is 0.130. The number of esters is 1. The summed E-state index contributed by atoms with van der Waals surface area (Å²) in [6.07, 6.45) is 1.70. The van der Waals surface area contributed by atoms with Crippen LogP contribution in [0.1, 0.15) is 27.2 Å². The Balaban J connectivity index is 1.97. The number of pyridine rings is 1. The molecule has 30 heavy (non-hydrogen) atoms. The third kappa shape index (κ3) is 4.28. The van der Waals surface area contributed by atoms with Crippen LogP contribution >= 0.6 is 0 Å². The lowest BCUT2D eigenvalue weighted by atomic mass is 10.1. The number of hydrogen-bond acceptors (Lipinski definition) is 6. The van der Waals surface area contributed by atoms with Gasteiger partial charge in [-0.1, -0.05) is 18.2 Å². The molecule has 0 saturated carbocycles. The molecule has 0 spiro atoms. The highest BCUT2D eigenvalue weighted by Crippen LogP contribution is 2.31. The van der Waals surface area contributed by atoms with Gasteiger partial charge in [-0.15, -0.1) is 0 Å². The number of benzene rings is 1. The quantitative estimate of drug-likeness (QED) is 0.581. The largest absolute Gasteiger partial charge is 0.464 e. The van der Waals surface area contributed by atoms with Crippen molar-refractivity contribution in [2.24, 2.45) is 7.05 Å². The van der Waals surface area contributed by atoms with Crippen molar-refractivity contribution in [1.82, 2.24) is 9.55 Å². The van der Waals surface area contributed by atoms with Crippen LogP contribution in [0.4, 0.5) is 11.4 Å². The van der Waals surface area contributed by atoms with Gasteiger partial charge in [-0.3, -0.25) is 4.79 Å². The zero-order chi connectivity index (χ0) is 21.8. The fraction of sp³-hybridized carbons (Fsp3) is 0.318. The molecule has 0 fully saturated rings. The van der Waals surface area contributed by atoms with Crippen LogP contribution < -0.4 is 10.6 Å². The monoisotopic (exact) mass is 410 g/mol. The summed E-state index contributed by atoms with van der Waals surface area (Å²) >= 11 is 0. The number of rotatable bonds is 7. The minimum Gasteiger partial charge on any atom is -0.464 e. The number of aryl methyl sites for hydroxylation is 3. The summed E-state index contributed by atoms with van der Waals surface area (Å²) in [6.45, 7) is 4.66. The van der Waals surface area contributed by atoms with Crippen molar-refractivity contribution in [3.63, 3.8) is 0 Å². The molecule has 0 radical (unpaired) electrons. The molecule has 2 heterocycles. The zero-order valence-corrected chi connectivity index (χ0v) is 17.8. The number of amides is 1. The standard InChI is InChI=1S/C22H26N4O4/c1-13-6-7-15(8-14(13)2)10-23-16-9-17-19(25-18(27)12-29-4)20(22(28)30-5)26(3)21(17)24-11-16/h6-9,11,23H,10,12H2,1-5H3,(H,25,27). The van der Waals surface area contributed by atoms with Crippen molar-refractivity contribution in [2.75, 3.05) is 31.5 Å². The van der Waals surface area contributed by atoms with E-state index in [-0.39, 0.29) is 18.2 Å². The number of nitrogens with one attached hydrogen (secondary N) is 2. The number of carbonyl (C=O) groups excluding carboxylic acids is 2. The molecule has 0 unspecified atom stereocenters. The number of ether oxygens (including phenoxy) is 2. The highest BCUT2D eigenvalue weighted by molar-refractivity contribution is 6.11. The molecule has 0 aliphatic carbocycles. The van der Waals surface area contributed by atoms with Crippen molar-refractivity contribution >= 4 is 34.3 Å². The molecule has 0 aliphatic rings. The van der Waals surface area contributed by atoms with Gasteiger partial charge in [0.1, 0.15) is 12.3 Å². The molecule has 0 saturated heterocycles. The maximum Gasteiger partial charge on any atom is 0.356 e. The van der Waals surface area contributed by atoms with E-state index in [0.29, 0.717) is 23.3 Å². The van der Waals surface area contributed by atoms with E-state index in [1.165, 1.54) is 25.3 Å². The first-order valence-corrected chi connectivity index (χ1v) is 9.51. The average Bonchev–Trinajstić information content (AvgIpc) is 2.99. The Morgan fingerprint density at radius 2 is 1.90 bits per heavy atom. The average molecular weight is 410 g/mol. The molecule has 0 atom stereocenters. The summed E-state index contributed by atoms with van der Waals surface area (Å²) in [5.41, 5.74) is 5.52. The van der Waals surface area contributed by atoms with Gasteiger partial charge in [-0.25, -0.2) is 9.78 Å². The smallest absolute Gasteiger partial charge is 0.356 e. The van der Waals surface area contributed by atoms with Crippen molar-refractivity contribution in [1.29, 1.82) is 0 Å². The lowest BCUT2D eigenvalue weighted by Crippen LogP contribution is -2.19. The molecule has 1 amide bonds. The van der Waals surface area contributed by atoms with Gasteiger partial charge in [0.15, 0.2) is 5.69 Å². The summed E-state index contributed by atoms with van der Waals surface area (Å²) in [5.74, 6) is -0.934. The van der Waals surface area contributed by atoms with Crippen LogP contribution in [0.25, 0.3) is 11.0 Å². The number of fused-ring (bicyclic) bond motifs is 1. The van der Waals surface area contributed by atoms with Crippen molar-refractivity contribution < 1.29 is 19.1 Å². The van der Waals surface area contributed by atoms with E-state index < -0.39 is 5.97 Å². The molecular formula is C22H26N4O4. The van der Waals surface area contributed by atoms with Gasteiger partial charge in [0.05, 0.1) is 24.7 Å². The van der Waals surface area contributed by atoms with Crippen LogP contribution in [0.2, 0.25) is 0 Å². The first kappa shape index (κ1) is 21.3. The third-order valence-corrected chi connectivity index (χ3v) is 5.01. The second-order valence-corrected chi connectivity index (χ2v) is 7.12. The lowest BCUT2D eigenvalue weighted by Gasteiger charge is -2.09. The van der Waals surface area contributed by atoms with E-state index >= 15 is 0 Å². The predicted octanol–water partition coefficient (Wildman–Crippen LogP) is 3.17. The fourth-order valence-electron chi connectivity index (χ4n) is 3.29. The van der Waals surface area contributed by atoms with E-state index in [0.717, 1.165) is 11.3 Å². The summed E-state index contributed by atoms with van der Waals surface area (Å²) in [5, 5.41) is 6.74. The maximum atomic E-state index is 12.4. The van der Waals surface area contributed by atoms with Crippen molar-refractivity contribution in [2.45, 2.75) is 20.4 Å². The second kappa shape index (κ2) is 8.96. The molecule has 2 aromatic heterocycles. The molecule has 3 rings (SSSR count). The van der Waals surface area contributed by atoms with Gasteiger partial charge < -0.3 is 24.7 Å². The van der Waals surface area contributed by atoms with E-state index in [1.54, 1.807) is 17.8 Å². The number of nitrogens with zero attached hydrogens (tertiary/aromatic N) is 2. The van der Waals surface area contributed by atoms with Gasteiger partial charge in [0.2, 0.25) is 5.91 Å². The third-order valence-electron chi connectivity index (χ3n) is 5.01. The van der Waals surface area contributed by atoms with Gasteiger partial charge in [0.25, 0.3) is 0 Å². The number of hydrogen-bond donors (Lipinski definition) is 2. The fourth-order valence-corrected chi connectivity index (χ4v) is 3.29. The Morgan fingerprint density at radius 3 is 2.57 bits per heavy atom. The summed E-state index contributed by atoms with van der Waals surface area (Å²) < 4.78 is 11.4. The molecule has 3 aromatic rings. The van der Waals surface area contributed by atoms with Gasteiger partial charge in [-0.2, -0.15) is 0 Å². The van der Waals surface area contributed by atoms with Crippen LogP contribution in [-0.4, -0.2) is 42.3 Å². The van der Waals surface area contributed by atoms with Gasteiger partial charge >= 0.3 is 5.97 Å². The van der Waals surface area contributed by atoms with E-state index in [9.17, 15) is 9.59 Å². The molecule has 8 nitrogen and oxygen atoms in total. The summed E-state index contributed by atoms with van der Waals surface area (Å²) in [6, 6.07) is 8.17. The number of methoxy groups -OCH3 is 2. The molecule has 0 aliphatic heterocycles. The molecule has 8 heteroatoms. The van der Waals surface area contributed by atoms with E-state index in [4.69, 9.17) is 9.47 Å². The topological polar surface area (TPSA) is 94.5 Å². The lowest BCUT2D eigenvalue weighted by molar-refractivity contribution is -0.119. The van der Waals surface area contributed by atoms with Crippen LogP contribution in [0.5, 0.6) is 0 Å². The summed E-state index contributed by atoms with van der Waals surface area (Å²) in [7, 11) is 4.43. The minimum atomic E-state index is -0.562. The zero-order valence-electron chi connectivity index (χ0n) is 17.8. The van der Waals surface area contributed by atoms with Crippen molar-refractivity contribution in [3.8, 4) is 0 Å². The Bertz CT molecular complexity index is 1100. The normalized spacial score (nSPS) is 10.8. The first-order chi connectivity index (χ1) is 14.3. The maximum absolute atomic E-state index is 12.4. The molecular weight excluding hydrogens is 384 g/mol. The summed E-state index contributed by atoms with van der Waals surface area (Å²) in [4.78, 5) is 29.0. The Labute approximate surface area is 175 Å². The van der Waals surface area contributed by atoms with Gasteiger partial charge in [0, 0.05) is 26.1 Å². The Morgan fingerprint density at radius 1 is 1.13 bits per heavy atom. The van der Waals surface area contributed by atoms with Gasteiger partial charge in [-0.05, 0) is 36.6 Å². The van der Waals surface area contributed by atoms with Crippen LogP contribution in [0.3, 0.4) is 0 Å². The SMILES string of the molecule is COCC(=O)Nc1c(C(=O)OC)n(C)c2ncc(NCc3ccc(C)c(C)c3)cc12. The Hall–Kier alpha value is -3.39. The number of carbonyl (C=O) groups is 2. The molecule has 2 N–H and O–H groups in total. The number of anilines is 2.